The summed E-state index contributed by atoms with van der Waals surface area (Å²) in [4.78, 5) is 16.0. The van der Waals surface area contributed by atoms with Gasteiger partial charge in [0.1, 0.15) is 11.9 Å². The third-order valence-corrected chi connectivity index (χ3v) is 5.91. The third kappa shape index (κ3) is 4.22. The predicted molar refractivity (Wildman–Crippen MR) is 100 cm³/mol. The molecule has 25 heavy (non-hydrogen) atoms. The van der Waals surface area contributed by atoms with E-state index < -0.39 is 0 Å². The first kappa shape index (κ1) is 16.6. The number of hydrogen-bond acceptors (Lipinski definition) is 4. The molecule has 0 unspecified atom stereocenters. The number of rotatable bonds is 7. The molecule has 0 bridgehead atoms. The van der Waals surface area contributed by atoms with E-state index in [0.717, 1.165) is 31.9 Å². The maximum Gasteiger partial charge on any atom is 0.251 e. The van der Waals surface area contributed by atoms with Gasteiger partial charge in [0, 0.05) is 36.6 Å². The van der Waals surface area contributed by atoms with E-state index in [1.54, 1.807) is 0 Å². The van der Waals surface area contributed by atoms with E-state index in [9.17, 15) is 4.79 Å². The van der Waals surface area contributed by atoms with E-state index in [-0.39, 0.29) is 12.0 Å². The van der Waals surface area contributed by atoms with Crippen LogP contribution in [0.5, 0.6) is 5.75 Å². The van der Waals surface area contributed by atoms with Crippen molar-refractivity contribution >= 4 is 17.2 Å². The van der Waals surface area contributed by atoms with E-state index in [2.05, 4.69) is 28.6 Å². The van der Waals surface area contributed by atoms with Crippen molar-refractivity contribution in [3.05, 3.63) is 51.7 Å². The van der Waals surface area contributed by atoms with Gasteiger partial charge in [-0.1, -0.05) is 6.07 Å². The van der Waals surface area contributed by atoms with E-state index in [0.29, 0.717) is 11.5 Å². The zero-order valence-electron chi connectivity index (χ0n) is 14.5. The molecule has 1 amide bonds. The summed E-state index contributed by atoms with van der Waals surface area (Å²) in [6.45, 7) is 5.85. The highest BCUT2D eigenvalue weighted by Gasteiger charge is 2.29. The average Bonchev–Trinajstić information content (AvgIpc) is 3.33. The summed E-state index contributed by atoms with van der Waals surface area (Å²) in [5.41, 5.74) is 2.06. The molecule has 1 saturated heterocycles. The molecule has 1 aliphatic heterocycles. The van der Waals surface area contributed by atoms with Crippen molar-refractivity contribution in [1.29, 1.82) is 0 Å². The Kier molecular flexibility index (Phi) is 4.77. The molecule has 0 spiro atoms. The Morgan fingerprint density at radius 3 is 2.88 bits per heavy atom. The van der Waals surface area contributed by atoms with Crippen LogP contribution in [0, 0.1) is 12.8 Å². The largest absolute Gasteiger partial charge is 0.488 e. The zero-order chi connectivity index (χ0) is 17.2. The number of likely N-dealkylation sites (tertiary alicyclic amines) is 1. The van der Waals surface area contributed by atoms with Crippen molar-refractivity contribution < 1.29 is 9.53 Å². The van der Waals surface area contributed by atoms with E-state index >= 15 is 0 Å². The Hall–Kier alpha value is -1.85. The van der Waals surface area contributed by atoms with Gasteiger partial charge in [0.15, 0.2) is 0 Å². The molecule has 4 rings (SSSR count). The fourth-order valence-electron chi connectivity index (χ4n) is 3.06. The number of ether oxygens (including phenoxy) is 1. The highest BCUT2D eigenvalue weighted by molar-refractivity contribution is 7.10. The molecular weight excluding hydrogens is 332 g/mol. The van der Waals surface area contributed by atoms with Crippen LogP contribution in [0.3, 0.4) is 0 Å². The molecule has 2 aromatic rings. The van der Waals surface area contributed by atoms with Gasteiger partial charge in [-0.2, -0.15) is 0 Å². The normalized spacial score (nSPS) is 18.0. The van der Waals surface area contributed by atoms with Crippen LogP contribution in [0.1, 0.15) is 33.6 Å². The SMILES string of the molecule is Cc1ccsc1CN1CC(Oc2cccc(C(=O)NCC3CC3)c2)C1. The Balaban J connectivity index is 1.26. The minimum absolute atomic E-state index is 0.000701. The molecule has 132 valence electrons. The second-order valence-electron chi connectivity index (χ2n) is 7.14. The average molecular weight is 356 g/mol. The first-order chi connectivity index (χ1) is 12.2. The first-order valence-corrected chi connectivity index (χ1v) is 9.85. The lowest BCUT2D eigenvalue weighted by Crippen LogP contribution is -2.53. The Morgan fingerprint density at radius 2 is 2.16 bits per heavy atom. The molecule has 1 aromatic carbocycles. The second-order valence-corrected chi connectivity index (χ2v) is 8.14. The summed E-state index contributed by atoms with van der Waals surface area (Å²) < 4.78 is 6.04. The van der Waals surface area contributed by atoms with Crippen LogP contribution in [0.25, 0.3) is 0 Å². The maximum atomic E-state index is 12.2. The fraction of sp³-hybridized carbons (Fsp3) is 0.450. The van der Waals surface area contributed by atoms with Gasteiger partial charge in [-0.25, -0.2) is 0 Å². The van der Waals surface area contributed by atoms with Crippen molar-refractivity contribution in [2.45, 2.75) is 32.4 Å². The molecule has 2 aliphatic rings. The topological polar surface area (TPSA) is 41.6 Å². The molecular formula is C20H24N2O2S. The summed E-state index contributed by atoms with van der Waals surface area (Å²) in [6, 6.07) is 9.71. The van der Waals surface area contributed by atoms with Crippen LogP contribution in [0.2, 0.25) is 0 Å². The molecule has 2 fully saturated rings. The lowest BCUT2D eigenvalue weighted by Gasteiger charge is -2.38. The number of benzene rings is 1. The molecule has 5 heteroatoms. The van der Waals surface area contributed by atoms with E-state index in [1.165, 1.54) is 23.3 Å². The Labute approximate surface area is 152 Å². The number of aryl methyl sites for hydroxylation is 1. The molecule has 2 heterocycles. The Bertz CT molecular complexity index is 748. The van der Waals surface area contributed by atoms with Gasteiger partial charge in [-0.05, 0) is 60.9 Å². The summed E-state index contributed by atoms with van der Waals surface area (Å²) in [6.07, 6.45) is 2.70. The van der Waals surface area contributed by atoms with E-state index in [4.69, 9.17) is 4.74 Å². The summed E-state index contributed by atoms with van der Waals surface area (Å²) in [5.74, 6) is 1.48. The third-order valence-electron chi connectivity index (χ3n) is 4.91. The van der Waals surface area contributed by atoms with Crippen molar-refractivity contribution in [3.8, 4) is 5.75 Å². The van der Waals surface area contributed by atoms with Gasteiger partial charge in [0.25, 0.3) is 5.91 Å². The molecule has 1 saturated carbocycles. The first-order valence-electron chi connectivity index (χ1n) is 8.97. The van der Waals surface area contributed by atoms with Crippen LogP contribution < -0.4 is 10.1 Å². The van der Waals surface area contributed by atoms with Gasteiger partial charge in [0.2, 0.25) is 0 Å². The molecule has 1 N–H and O–H groups in total. The molecule has 1 aliphatic carbocycles. The number of carbonyl (C=O) groups excluding carboxylic acids is 1. The van der Waals surface area contributed by atoms with Gasteiger partial charge in [0.05, 0.1) is 0 Å². The number of carbonyl (C=O) groups is 1. The lowest BCUT2D eigenvalue weighted by atomic mass is 10.1. The summed E-state index contributed by atoms with van der Waals surface area (Å²) >= 11 is 1.82. The maximum absolute atomic E-state index is 12.2. The summed E-state index contributed by atoms with van der Waals surface area (Å²) in [7, 11) is 0. The van der Waals surface area contributed by atoms with Crippen LogP contribution >= 0.6 is 11.3 Å². The van der Waals surface area contributed by atoms with Gasteiger partial charge >= 0.3 is 0 Å². The van der Waals surface area contributed by atoms with Crippen molar-refractivity contribution in [2.75, 3.05) is 19.6 Å². The van der Waals surface area contributed by atoms with Crippen LogP contribution in [0.15, 0.2) is 35.7 Å². The molecule has 0 atom stereocenters. The fourth-order valence-corrected chi connectivity index (χ4v) is 4.01. The van der Waals surface area contributed by atoms with Gasteiger partial charge in [-0.15, -0.1) is 11.3 Å². The highest BCUT2D eigenvalue weighted by Crippen LogP contribution is 2.28. The van der Waals surface area contributed by atoms with E-state index in [1.807, 2.05) is 35.6 Å². The number of amides is 1. The van der Waals surface area contributed by atoms with Crippen molar-refractivity contribution in [1.82, 2.24) is 10.2 Å². The number of nitrogens with one attached hydrogen (secondary N) is 1. The molecule has 1 aromatic heterocycles. The van der Waals surface area contributed by atoms with Crippen LogP contribution in [-0.2, 0) is 6.54 Å². The number of hydrogen-bond donors (Lipinski definition) is 1. The number of nitrogens with zero attached hydrogens (tertiary/aromatic N) is 1. The van der Waals surface area contributed by atoms with Crippen LogP contribution in [0.4, 0.5) is 0 Å². The van der Waals surface area contributed by atoms with Gasteiger partial charge < -0.3 is 10.1 Å². The monoisotopic (exact) mass is 356 g/mol. The molecule has 4 nitrogen and oxygen atoms in total. The molecule has 0 radical (unpaired) electrons. The summed E-state index contributed by atoms with van der Waals surface area (Å²) in [5, 5.41) is 5.16. The quantitative estimate of drug-likeness (QED) is 0.826. The van der Waals surface area contributed by atoms with Crippen LogP contribution in [-0.4, -0.2) is 36.5 Å². The lowest BCUT2D eigenvalue weighted by molar-refractivity contribution is 0.0150. The minimum atomic E-state index is 0.000701. The zero-order valence-corrected chi connectivity index (χ0v) is 15.3. The minimum Gasteiger partial charge on any atom is -0.488 e. The highest BCUT2D eigenvalue weighted by atomic mass is 32.1. The number of thiophene rings is 1. The van der Waals surface area contributed by atoms with Crippen molar-refractivity contribution in [2.24, 2.45) is 5.92 Å². The second kappa shape index (κ2) is 7.18. The predicted octanol–water partition coefficient (Wildman–Crippen LogP) is 3.46. The van der Waals surface area contributed by atoms with Crippen molar-refractivity contribution in [3.63, 3.8) is 0 Å². The smallest absolute Gasteiger partial charge is 0.251 e. The standard InChI is InChI=1S/C20H24N2O2S/c1-14-7-8-25-19(14)13-22-11-18(12-22)24-17-4-2-3-16(9-17)20(23)21-10-15-5-6-15/h2-4,7-9,15,18H,5-6,10-13H2,1H3,(H,21,23). The Morgan fingerprint density at radius 1 is 1.32 bits per heavy atom. The van der Waals surface area contributed by atoms with Gasteiger partial charge in [-0.3, -0.25) is 9.69 Å².